The first-order chi connectivity index (χ1) is 12.7. The third kappa shape index (κ3) is 6.10. The van der Waals surface area contributed by atoms with E-state index < -0.39 is 16.1 Å². The predicted octanol–water partition coefficient (Wildman–Crippen LogP) is 3.21. The molecule has 1 amide bonds. The van der Waals surface area contributed by atoms with Gasteiger partial charge in [0.25, 0.3) is 0 Å². The van der Waals surface area contributed by atoms with Crippen LogP contribution >= 0.6 is 0 Å². The summed E-state index contributed by atoms with van der Waals surface area (Å²) >= 11 is 0. The summed E-state index contributed by atoms with van der Waals surface area (Å²) in [4.78, 5) is 12.5. The van der Waals surface area contributed by atoms with Crippen molar-refractivity contribution >= 4 is 21.6 Å². The summed E-state index contributed by atoms with van der Waals surface area (Å²) in [6.45, 7) is 6.05. The van der Waals surface area contributed by atoms with E-state index in [1.54, 1.807) is 25.1 Å². The Morgan fingerprint density at radius 3 is 2.33 bits per heavy atom. The summed E-state index contributed by atoms with van der Waals surface area (Å²) in [7, 11) is -3.58. The van der Waals surface area contributed by atoms with E-state index in [-0.39, 0.29) is 5.91 Å². The van der Waals surface area contributed by atoms with Gasteiger partial charge in [-0.2, -0.15) is 0 Å². The van der Waals surface area contributed by atoms with Crippen LogP contribution in [0, 0.1) is 13.8 Å². The van der Waals surface area contributed by atoms with Crippen molar-refractivity contribution in [2.45, 2.75) is 39.7 Å². The Labute approximate surface area is 162 Å². The second-order valence-corrected chi connectivity index (χ2v) is 8.81. The number of anilines is 1. The van der Waals surface area contributed by atoms with Crippen molar-refractivity contribution in [3.8, 4) is 0 Å². The highest BCUT2D eigenvalue weighted by Gasteiger charge is 2.28. The molecule has 0 aliphatic rings. The Kier molecular flexibility index (Phi) is 7.02. The molecule has 2 aromatic rings. The molecule has 2 aromatic carbocycles. The molecule has 0 bridgehead atoms. The quantitative estimate of drug-likeness (QED) is 0.706. The Morgan fingerprint density at radius 1 is 1.07 bits per heavy atom. The highest BCUT2D eigenvalue weighted by Crippen LogP contribution is 2.21. The van der Waals surface area contributed by atoms with Gasteiger partial charge < -0.3 is 5.32 Å². The van der Waals surface area contributed by atoms with Gasteiger partial charge in [0.2, 0.25) is 15.9 Å². The van der Waals surface area contributed by atoms with Gasteiger partial charge in [0, 0.05) is 6.54 Å². The molecule has 0 heterocycles. The van der Waals surface area contributed by atoms with Gasteiger partial charge in [-0.05, 0) is 56.9 Å². The normalized spacial score (nSPS) is 12.4. The van der Waals surface area contributed by atoms with Crippen LogP contribution in [0.2, 0.25) is 0 Å². The number of sulfonamides is 1. The van der Waals surface area contributed by atoms with Gasteiger partial charge in [0.05, 0.1) is 11.9 Å². The fraction of sp³-hybridized carbons (Fsp3) is 0.381. The molecule has 27 heavy (non-hydrogen) atoms. The third-order valence-corrected chi connectivity index (χ3v) is 5.65. The maximum atomic E-state index is 12.5. The van der Waals surface area contributed by atoms with E-state index in [1.165, 1.54) is 15.4 Å². The Balaban J connectivity index is 1.97. The van der Waals surface area contributed by atoms with Gasteiger partial charge >= 0.3 is 0 Å². The number of amides is 1. The Hall–Kier alpha value is -2.34. The SMILES string of the molecule is Cc1ccc(CCCNC(=O)C(C)N(c2cccc(C)c2)S(C)(=O)=O)cc1. The van der Waals surface area contributed by atoms with Gasteiger partial charge in [-0.3, -0.25) is 9.10 Å². The van der Waals surface area contributed by atoms with Gasteiger partial charge in [0.15, 0.2) is 0 Å². The minimum absolute atomic E-state index is 0.300. The molecule has 0 saturated heterocycles. The maximum Gasteiger partial charge on any atom is 0.243 e. The lowest BCUT2D eigenvalue weighted by Gasteiger charge is -2.28. The standard InChI is InChI=1S/C21H28N2O3S/c1-16-10-12-19(13-11-16)8-6-14-22-21(24)18(3)23(27(4,25)26)20-9-5-7-17(2)15-20/h5,7,9-13,15,18H,6,8,14H2,1-4H3,(H,22,24). The molecule has 146 valence electrons. The number of benzene rings is 2. The molecule has 0 aromatic heterocycles. The Morgan fingerprint density at radius 2 is 1.74 bits per heavy atom. The number of aryl methyl sites for hydroxylation is 3. The van der Waals surface area contributed by atoms with Crippen molar-refractivity contribution < 1.29 is 13.2 Å². The van der Waals surface area contributed by atoms with Crippen LogP contribution < -0.4 is 9.62 Å². The number of hydrogen-bond donors (Lipinski definition) is 1. The lowest BCUT2D eigenvalue weighted by molar-refractivity contribution is -0.121. The lowest BCUT2D eigenvalue weighted by Crippen LogP contribution is -2.48. The van der Waals surface area contributed by atoms with E-state index in [4.69, 9.17) is 0 Å². The minimum Gasteiger partial charge on any atom is -0.354 e. The second kappa shape index (κ2) is 9.04. The number of nitrogens with zero attached hydrogens (tertiary/aromatic N) is 1. The summed E-state index contributed by atoms with van der Waals surface area (Å²) in [5, 5.41) is 2.86. The molecule has 0 spiro atoms. The van der Waals surface area contributed by atoms with Gasteiger partial charge in [-0.15, -0.1) is 0 Å². The number of carbonyl (C=O) groups excluding carboxylic acids is 1. The molecular weight excluding hydrogens is 360 g/mol. The maximum absolute atomic E-state index is 12.5. The van der Waals surface area contributed by atoms with Crippen LogP contribution in [0.3, 0.4) is 0 Å². The van der Waals surface area contributed by atoms with Crippen LogP contribution in [0.1, 0.15) is 30.0 Å². The molecule has 6 heteroatoms. The van der Waals surface area contributed by atoms with E-state index in [1.807, 2.05) is 19.9 Å². The summed E-state index contributed by atoms with van der Waals surface area (Å²) < 4.78 is 25.7. The van der Waals surface area contributed by atoms with Gasteiger partial charge in [0.1, 0.15) is 6.04 Å². The van der Waals surface area contributed by atoms with E-state index in [0.717, 1.165) is 24.7 Å². The summed E-state index contributed by atoms with van der Waals surface area (Å²) in [5.74, 6) is -0.300. The molecule has 0 radical (unpaired) electrons. The van der Waals surface area contributed by atoms with Crippen molar-refractivity contribution in [2.24, 2.45) is 0 Å². The second-order valence-electron chi connectivity index (χ2n) is 6.95. The number of nitrogens with one attached hydrogen (secondary N) is 1. The third-order valence-electron chi connectivity index (χ3n) is 4.41. The van der Waals surface area contributed by atoms with E-state index in [9.17, 15) is 13.2 Å². The molecule has 5 nitrogen and oxygen atoms in total. The summed E-state index contributed by atoms with van der Waals surface area (Å²) in [5.41, 5.74) is 3.88. The molecule has 1 atom stereocenters. The lowest BCUT2D eigenvalue weighted by atomic mass is 10.1. The molecule has 1 N–H and O–H groups in total. The monoisotopic (exact) mass is 388 g/mol. The molecule has 0 aliphatic heterocycles. The molecule has 2 rings (SSSR count). The first-order valence-electron chi connectivity index (χ1n) is 9.08. The topological polar surface area (TPSA) is 66.5 Å². The minimum atomic E-state index is -3.58. The van der Waals surface area contributed by atoms with Gasteiger partial charge in [-0.1, -0.05) is 42.0 Å². The first kappa shape index (κ1) is 21.0. The van der Waals surface area contributed by atoms with Gasteiger partial charge in [-0.25, -0.2) is 8.42 Å². The first-order valence-corrected chi connectivity index (χ1v) is 10.9. The van der Waals surface area contributed by atoms with Crippen molar-refractivity contribution in [1.82, 2.24) is 5.32 Å². The molecule has 0 fully saturated rings. The zero-order chi connectivity index (χ0) is 20.0. The molecule has 1 unspecified atom stereocenters. The van der Waals surface area contributed by atoms with Crippen LogP contribution in [-0.4, -0.2) is 33.2 Å². The zero-order valence-corrected chi connectivity index (χ0v) is 17.2. The van der Waals surface area contributed by atoms with Crippen molar-refractivity contribution in [1.29, 1.82) is 0 Å². The summed E-state index contributed by atoms with van der Waals surface area (Å²) in [6.07, 6.45) is 2.78. The largest absolute Gasteiger partial charge is 0.354 e. The summed E-state index contributed by atoms with van der Waals surface area (Å²) in [6, 6.07) is 14.6. The highest BCUT2D eigenvalue weighted by atomic mass is 32.2. The zero-order valence-electron chi connectivity index (χ0n) is 16.4. The van der Waals surface area contributed by atoms with Crippen LogP contribution in [-0.2, 0) is 21.2 Å². The molecule has 0 aliphatic carbocycles. The van der Waals surface area contributed by atoms with Crippen molar-refractivity contribution in [3.05, 3.63) is 65.2 Å². The average molecular weight is 389 g/mol. The van der Waals surface area contributed by atoms with Crippen LogP contribution in [0.15, 0.2) is 48.5 Å². The van der Waals surface area contributed by atoms with E-state index in [2.05, 4.69) is 29.6 Å². The number of hydrogen-bond acceptors (Lipinski definition) is 3. The number of carbonyl (C=O) groups is 1. The average Bonchev–Trinajstić information content (AvgIpc) is 2.59. The fourth-order valence-electron chi connectivity index (χ4n) is 2.98. The highest BCUT2D eigenvalue weighted by molar-refractivity contribution is 7.92. The van der Waals surface area contributed by atoms with Crippen LogP contribution in [0.5, 0.6) is 0 Å². The molecular formula is C21H28N2O3S. The van der Waals surface area contributed by atoms with Crippen LogP contribution in [0.25, 0.3) is 0 Å². The van der Waals surface area contributed by atoms with Crippen LogP contribution in [0.4, 0.5) is 5.69 Å². The Bertz CT molecular complexity index is 877. The van der Waals surface area contributed by atoms with Crippen molar-refractivity contribution in [3.63, 3.8) is 0 Å². The van der Waals surface area contributed by atoms with Crippen molar-refractivity contribution in [2.75, 3.05) is 17.1 Å². The number of rotatable bonds is 8. The predicted molar refractivity (Wildman–Crippen MR) is 110 cm³/mol. The molecule has 0 saturated carbocycles. The fourth-order valence-corrected chi connectivity index (χ4v) is 4.15. The van der Waals surface area contributed by atoms with E-state index in [0.29, 0.717) is 12.2 Å². The smallest absolute Gasteiger partial charge is 0.243 e. The van der Waals surface area contributed by atoms with E-state index >= 15 is 0 Å².